The first-order valence-corrected chi connectivity index (χ1v) is 7.97. The van der Waals surface area contributed by atoms with Crippen molar-refractivity contribution in [2.45, 2.75) is 31.2 Å². The molecule has 1 spiro atoms. The molecule has 6 nitrogen and oxygen atoms in total. The van der Waals surface area contributed by atoms with Crippen molar-refractivity contribution in [2.75, 3.05) is 6.54 Å². The molecule has 2 aliphatic rings. The number of esters is 1. The molecule has 0 bridgehead atoms. The van der Waals surface area contributed by atoms with Gasteiger partial charge in [0, 0.05) is 0 Å². The van der Waals surface area contributed by atoms with Crippen LogP contribution in [0.15, 0.2) is 18.2 Å². The van der Waals surface area contributed by atoms with E-state index in [4.69, 9.17) is 27.9 Å². The fraction of sp³-hybridized carbons (Fsp3) is 0.400. The number of amides is 3. The highest BCUT2D eigenvalue weighted by Gasteiger charge is 2.52. The normalized spacial score (nSPS) is 19.3. The van der Waals surface area contributed by atoms with Crippen LogP contribution in [0, 0.1) is 0 Å². The molecular weight excluding hydrogens is 343 g/mol. The van der Waals surface area contributed by atoms with Crippen LogP contribution in [0.4, 0.5) is 4.79 Å². The number of carbonyl (C=O) groups excluding carboxylic acids is 3. The Labute approximate surface area is 142 Å². The van der Waals surface area contributed by atoms with Gasteiger partial charge in [-0.05, 0) is 25.0 Å². The third kappa shape index (κ3) is 2.88. The summed E-state index contributed by atoms with van der Waals surface area (Å²) in [6.45, 7) is -0.463. The number of ether oxygens (including phenoxy) is 1. The van der Waals surface area contributed by atoms with E-state index < -0.39 is 24.1 Å². The van der Waals surface area contributed by atoms with E-state index in [9.17, 15) is 14.4 Å². The molecule has 122 valence electrons. The average Bonchev–Trinajstić information content (AvgIpc) is 3.06. The van der Waals surface area contributed by atoms with Gasteiger partial charge in [-0.25, -0.2) is 9.59 Å². The van der Waals surface area contributed by atoms with Crippen molar-refractivity contribution in [3.63, 3.8) is 0 Å². The summed E-state index contributed by atoms with van der Waals surface area (Å²) in [5, 5.41) is 3.05. The molecule has 3 rings (SSSR count). The Hall–Kier alpha value is -1.79. The number of nitrogens with zero attached hydrogens (tertiary/aromatic N) is 1. The molecule has 1 heterocycles. The summed E-state index contributed by atoms with van der Waals surface area (Å²) >= 11 is 11.8. The SMILES string of the molecule is O=C(CN1C(=O)NC2(CCCC2)C1=O)Oc1cccc(Cl)c1Cl. The highest BCUT2D eigenvalue weighted by molar-refractivity contribution is 6.43. The highest BCUT2D eigenvalue weighted by atomic mass is 35.5. The maximum atomic E-state index is 12.4. The Morgan fingerprint density at radius 1 is 1.26 bits per heavy atom. The molecular formula is C15H14Cl2N2O4. The van der Waals surface area contributed by atoms with E-state index in [1.54, 1.807) is 12.1 Å². The molecule has 1 aliphatic heterocycles. The van der Waals surface area contributed by atoms with Gasteiger partial charge in [0.15, 0.2) is 5.75 Å². The molecule has 0 atom stereocenters. The van der Waals surface area contributed by atoms with Crippen LogP contribution >= 0.6 is 23.2 Å². The Kier molecular flexibility index (Phi) is 4.21. The van der Waals surface area contributed by atoms with Crippen LogP contribution in [0.1, 0.15) is 25.7 Å². The van der Waals surface area contributed by atoms with Gasteiger partial charge >= 0.3 is 12.0 Å². The monoisotopic (exact) mass is 356 g/mol. The lowest BCUT2D eigenvalue weighted by Gasteiger charge is -2.19. The first-order chi connectivity index (χ1) is 10.9. The minimum atomic E-state index is -0.842. The molecule has 1 aromatic rings. The van der Waals surface area contributed by atoms with Gasteiger partial charge in [-0.3, -0.25) is 9.69 Å². The fourth-order valence-corrected chi connectivity index (χ4v) is 3.31. The summed E-state index contributed by atoms with van der Waals surface area (Å²) < 4.78 is 5.11. The zero-order chi connectivity index (χ0) is 16.6. The van der Waals surface area contributed by atoms with Gasteiger partial charge in [0.2, 0.25) is 0 Å². The molecule has 0 unspecified atom stereocenters. The maximum absolute atomic E-state index is 12.4. The molecule has 1 saturated heterocycles. The third-order valence-electron chi connectivity index (χ3n) is 4.13. The topological polar surface area (TPSA) is 75.7 Å². The van der Waals surface area contributed by atoms with Crippen molar-refractivity contribution in [2.24, 2.45) is 0 Å². The average molecular weight is 357 g/mol. The zero-order valence-electron chi connectivity index (χ0n) is 12.1. The van der Waals surface area contributed by atoms with Crippen molar-refractivity contribution in [3.8, 4) is 5.75 Å². The second-order valence-corrected chi connectivity index (χ2v) is 6.42. The van der Waals surface area contributed by atoms with Crippen molar-refractivity contribution in [3.05, 3.63) is 28.2 Å². The van der Waals surface area contributed by atoms with Gasteiger partial charge in [-0.15, -0.1) is 0 Å². The van der Waals surface area contributed by atoms with Crippen LogP contribution in [-0.4, -0.2) is 34.9 Å². The van der Waals surface area contributed by atoms with Crippen LogP contribution in [0.25, 0.3) is 0 Å². The number of halogens is 2. The molecule has 2 fully saturated rings. The summed E-state index contributed by atoms with van der Waals surface area (Å²) in [6.07, 6.45) is 2.96. The highest BCUT2D eigenvalue weighted by Crippen LogP contribution is 2.35. The van der Waals surface area contributed by atoms with E-state index >= 15 is 0 Å². The third-order valence-corrected chi connectivity index (χ3v) is 4.93. The van der Waals surface area contributed by atoms with Gasteiger partial charge in [-0.2, -0.15) is 0 Å². The number of nitrogens with one attached hydrogen (secondary N) is 1. The minimum Gasteiger partial charge on any atom is -0.424 e. The molecule has 0 radical (unpaired) electrons. The van der Waals surface area contributed by atoms with E-state index in [1.165, 1.54) is 6.07 Å². The molecule has 23 heavy (non-hydrogen) atoms. The quantitative estimate of drug-likeness (QED) is 0.513. The summed E-state index contributed by atoms with van der Waals surface area (Å²) in [4.78, 5) is 37.4. The van der Waals surface area contributed by atoms with Crippen LogP contribution in [0.3, 0.4) is 0 Å². The van der Waals surface area contributed by atoms with Gasteiger partial charge in [0.05, 0.1) is 5.02 Å². The number of urea groups is 1. The Balaban J connectivity index is 1.69. The summed E-state index contributed by atoms with van der Waals surface area (Å²) in [6, 6.07) is 4.06. The lowest BCUT2D eigenvalue weighted by molar-refractivity contribution is -0.140. The molecule has 1 aliphatic carbocycles. The van der Waals surface area contributed by atoms with Gasteiger partial charge < -0.3 is 10.1 Å². The Morgan fingerprint density at radius 2 is 1.96 bits per heavy atom. The second-order valence-electron chi connectivity index (χ2n) is 5.64. The van der Waals surface area contributed by atoms with Crippen molar-refractivity contribution >= 4 is 41.1 Å². The van der Waals surface area contributed by atoms with Gasteiger partial charge in [0.1, 0.15) is 17.1 Å². The lowest BCUT2D eigenvalue weighted by atomic mass is 9.98. The van der Waals surface area contributed by atoms with Crippen molar-refractivity contribution < 1.29 is 19.1 Å². The van der Waals surface area contributed by atoms with Gasteiger partial charge in [-0.1, -0.05) is 42.1 Å². The first-order valence-electron chi connectivity index (χ1n) is 7.22. The summed E-state index contributed by atoms with van der Waals surface area (Å²) in [5.41, 5.74) is -0.842. The molecule has 0 aromatic heterocycles. The number of benzene rings is 1. The van der Waals surface area contributed by atoms with E-state index in [2.05, 4.69) is 5.32 Å². The molecule has 3 amide bonds. The fourth-order valence-electron chi connectivity index (χ4n) is 2.98. The Morgan fingerprint density at radius 3 is 2.65 bits per heavy atom. The van der Waals surface area contributed by atoms with Crippen LogP contribution in [-0.2, 0) is 9.59 Å². The zero-order valence-corrected chi connectivity index (χ0v) is 13.6. The minimum absolute atomic E-state index is 0.0896. The first kappa shape index (κ1) is 16.1. The summed E-state index contributed by atoms with van der Waals surface area (Å²) in [7, 11) is 0. The Bertz CT molecular complexity index is 686. The predicted molar refractivity (Wildman–Crippen MR) is 83.5 cm³/mol. The van der Waals surface area contributed by atoms with Crippen LogP contribution < -0.4 is 10.1 Å². The predicted octanol–water partition coefficient (Wildman–Crippen LogP) is 2.76. The standard InChI is InChI=1S/C15H14Cl2N2O4/c16-9-4-3-5-10(12(9)17)23-11(20)8-19-13(21)15(18-14(19)22)6-1-2-7-15/h3-5H,1-2,6-8H2,(H,18,22). The number of carbonyl (C=O) groups is 3. The van der Waals surface area contributed by atoms with Crippen molar-refractivity contribution in [1.29, 1.82) is 0 Å². The van der Waals surface area contributed by atoms with E-state index in [0.717, 1.165) is 17.7 Å². The van der Waals surface area contributed by atoms with Crippen LogP contribution in [0.2, 0.25) is 10.0 Å². The number of imide groups is 1. The smallest absolute Gasteiger partial charge is 0.331 e. The number of rotatable bonds is 3. The number of hydrogen-bond acceptors (Lipinski definition) is 4. The largest absolute Gasteiger partial charge is 0.424 e. The van der Waals surface area contributed by atoms with Crippen molar-refractivity contribution in [1.82, 2.24) is 10.2 Å². The molecule has 1 saturated carbocycles. The van der Waals surface area contributed by atoms with Gasteiger partial charge in [0.25, 0.3) is 5.91 Å². The van der Waals surface area contributed by atoms with E-state index in [0.29, 0.717) is 12.8 Å². The van der Waals surface area contributed by atoms with Crippen LogP contribution in [0.5, 0.6) is 5.75 Å². The van der Waals surface area contributed by atoms with E-state index in [-0.39, 0.29) is 21.7 Å². The molecule has 1 N–H and O–H groups in total. The maximum Gasteiger partial charge on any atom is 0.331 e. The van der Waals surface area contributed by atoms with E-state index in [1.807, 2.05) is 0 Å². The second kappa shape index (κ2) is 6.02. The lowest BCUT2D eigenvalue weighted by Crippen LogP contribution is -2.44. The summed E-state index contributed by atoms with van der Waals surface area (Å²) in [5.74, 6) is -1.03. The number of hydrogen-bond donors (Lipinski definition) is 1. The molecule has 8 heteroatoms. The molecule has 1 aromatic carbocycles.